The van der Waals surface area contributed by atoms with Gasteiger partial charge in [-0.1, -0.05) is 30.3 Å². The van der Waals surface area contributed by atoms with Gasteiger partial charge in [-0.25, -0.2) is 9.67 Å². The van der Waals surface area contributed by atoms with Crippen LogP contribution in [-0.4, -0.2) is 28.7 Å². The number of nitrogens with two attached hydrogens (primary N) is 1. The molecule has 2 aromatic carbocycles. The smallest absolute Gasteiger partial charge is 0.209 e. The lowest BCUT2D eigenvalue weighted by Crippen LogP contribution is -2.20. The van der Waals surface area contributed by atoms with E-state index in [1.165, 1.54) is 23.4 Å². The van der Waals surface area contributed by atoms with Crippen molar-refractivity contribution in [3.63, 3.8) is 0 Å². The van der Waals surface area contributed by atoms with Crippen LogP contribution in [0.5, 0.6) is 0 Å². The molecular formula is C25H24N4O2. The number of aromatic nitrogens is 2. The van der Waals surface area contributed by atoms with E-state index in [1.54, 1.807) is 17.0 Å². The highest BCUT2D eigenvalue weighted by Crippen LogP contribution is 2.24. The summed E-state index contributed by atoms with van der Waals surface area (Å²) in [4.78, 5) is 17.2. The second-order valence-corrected chi connectivity index (χ2v) is 7.22. The van der Waals surface area contributed by atoms with E-state index in [1.807, 2.05) is 43.3 Å². The number of aryl methyl sites for hydroxylation is 1. The monoisotopic (exact) mass is 412 g/mol. The molecule has 0 bridgehead atoms. The van der Waals surface area contributed by atoms with Crippen LogP contribution in [0.25, 0.3) is 11.3 Å². The molecule has 1 aromatic heterocycles. The first-order chi connectivity index (χ1) is 15.2. The Morgan fingerprint density at radius 3 is 2.74 bits per heavy atom. The lowest BCUT2D eigenvalue weighted by molar-refractivity contribution is 0.161. The Bertz CT molecular complexity index is 1220. The van der Waals surface area contributed by atoms with E-state index in [4.69, 9.17) is 10.5 Å². The molecule has 1 aliphatic rings. The van der Waals surface area contributed by atoms with E-state index >= 15 is 0 Å². The van der Waals surface area contributed by atoms with Gasteiger partial charge in [0.25, 0.3) is 0 Å². The van der Waals surface area contributed by atoms with Crippen LogP contribution in [0.1, 0.15) is 23.2 Å². The van der Waals surface area contributed by atoms with Crippen molar-refractivity contribution in [2.24, 2.45) is 10.7 Å². The van der Waals surface area contributed by atoms with Crippen LogP contribution in [-0.2, 0) is 4.74 Å². The number of rotatable bonds is 5. The second kappa shape index (κ2) is 9.36. The Morgan fingerprint density at radius 2 is 2.03 bits per heavy atom. The maximum absolute atomic E-state index is 12.6. The number of hydrogen-bond acceptors (Lipinski definition) is 5. The lowest BCUT2D eigenvalue weighted by atomic mass is 9.99. The van der Waals surface area contributed by atoms with Crippen LogP contribution < -0.4 is 11.2 Å². The number of aliphatic imine (C=N–C) groups is 1. The summed E-state index contributed by atoms with van der Waals surface area (Å²) in [6.07, 6.45) is 7.66. The summed E-state index contributed by atoms with van der Waals surface area (Å²) >= 11 is 0. The van der Waals surface area contributed by atoms with Crippen molar-refractivity contribution >= 4 is 17.0 Å². The molecule has 0 spiro atoms. The van der Waals surface area contributed by atoms with Crippen molar-refractivity contribution in [1.29, 1.82) is 0 Å². The standard InChI is InChI=1S/C25H24N4O2/c1-18-17-20(19-11-15-31-16-12-19)7-8-23(18)29-14-10-24(30)25(28-29)22(9-13-26)27-21-5-3-2-4-6-21/h2-11,13-14,17H,12,15-16,26H2,1H3. The molecule has 6 heteroatoms. The van der Waals surface area contributed by atoms with E-state index in [2.05, 4.69) is 28.3 Å². The minimum atomic E-state index is -0.217. The third kappa shape index (κ3) is 4.70. The largest absolute Gasteiger partial charge is 0.405 e. The molecular weight excluding hydrogens is 388 g/mol. The first-order valence-electron chi connectivity index (χ1n) is 10.2. The summed E-state index contributed by atoms with van der Waals surface area (Å²) in [6, 6.07) is 17.2. The highest BCUT2D eigenvalue weighted by molar-refractivity contribution is 6.08. The van der Waals surface area contributed by atoms with Gasteiger partial charge in [0.15, 0.2) is 5.69 Å². The molecule has 2 heterocycles. The third-order valence-electron chi connectivity index (χ3n) is 5.09. The maximum atomic E-state index is 12.6. The fourth-order valence-corrected chi connectivity index (χ4v) is 3.52. The molecule has 1 aliphatic heterocycles. The summed E-state index contributed by atoms with van der Waals surface area (Å²) in [7, 11) is 0. The summed E-state index contributed by atoms with van der Waals surface area (Å²) < 4.78 is 7.12. The van der Waals surface area contributed by atoms with Gasteiger partial charge in [0.05, 0.1) is 30.3 Å². The highest BCUT2D eigenvalue weighted by atomic mass is 16.5. The molecule has 4 rings (SSSR count). The van der Waals surface area contributed by atoms with Crippen LogP contribution in [0, 0.1) is 6.92 Å². The summed E-state index contributed by atoms with van der Waals surface area (Å²) in [6.45, 7) is 3.44. The second-order valence-electron chi connectivity index (χ2n) is 7.22. The Kier molecular flexibility index (Phi) is 6.19. The number of hydrogen-bond donors (Lipinski definition) is 1. The predicted octanol–water partition coefficient (Wildman–Crippen LogP) is 3.94. The van der Waals surface area contributed by atoms with Crippen molar-refractivity contribution in [2.75, 3.05) is 13.2 Å². The Morgan fingerprint density at radius 1 is 1.19 bits per heavy atom. The van der Waals surface area contributed by atoms with Crippen molar-refractivity contribution in [2.45, 2.75) is 13.3 Å². The summed E-state index contributed by atoms with van der Waals surface area (Å²) in [5, 5.41) is 4.59. The number of allylic oxidation sites excluding steroid dienone is 1. The molecule has 156 valence electrons. The van der Waals surface area contributed by atoms with E-state index < -0.39 is 0 Å². The van der Waals surface area contributed by atoms with Crippen LogP contribution in [0.4, 0.5) is 5.69 Å². The minimum absolute atomic E-state index is 0.217. The maximum Gasteiger partial charge on any atom is 0.209 e. The van der Waals surface area contributed by atoms with Crippen LogP contribution in [0.15, 0.2) is 88.9 Å². The van der Waals surface area contributed by atoms with Gasteiger partial charge in [0, 0.05) is 12.3 Å². The van der Waals surface area contributed by atoms with E-state index in [9.17, 15) is 4.79 Å². The molecule has 0 atom stereocenters. The molecule has 0 amide bonds. The van der Waals surface area contributed by atoms with E-state index in [0.29, 0.717) is 12.3 Å². The molecule has 0 radical (unpaired) electrons. The average Bonchev–Trinajstić information content (AvgIpc) is 2.80. The van der Waals surface area contributed by atoms with Gasteiger partial charge in [-0.2, -0.15) is 5.10 Å². The Hall–Kier alpha value is -3.77. The molecule has 0 saturated carbocycles. The molecule has 0 unspecified atom stereocenters. The molecule has 0 fully saturated rings. The molecule has 2 N–H and O–H groups in total. The van der Waals surface area contributed by atoms with Gasteiger partial charge in [0.1, 0.15) is 0 Å². The molecule has 3 aromatic rings. The fourth-order valence-electron chi connectivity index (χ4n) is 3.52. The number of ether oxygens (including phenoxy) is 1. The van der Waals surface area contributed by atoms with Crippen LogP contribution >= 0.6 is 0 Å². The molecule has 6 nitrogen and oxygen atoms in total. The zero-order valence-electron chi connectivity index (χ0n) is 17.4. The van der Waals surface area contributed by atoms with Gasteiger partial charge < -0.3 is 10.5 Å². The lowest BCUT2D eigenvalue weighted by Gasteiger charge is -2.16. The topological polar surface area (TPSA) is 82.5 Å². The zero-order valence-corrected chi connectivity index (χ0v) is 17.4. The highest BCUT2D eigenvalue weighted by Gasteiger charge is 2.12. The predicted molar refractivity (Wildman–Crippen MR) is 124 cm³/mol. The zero-order chi connectivity index (χ0) is 21.6. The molecule has 31 heavy (non-hydrogen) atoms. The van der Waals surface area contributed by atoms with Crippen molar-refractivity contribution in [1.82, 2.24) is 9.78 Å². The van der Waals surface area contributed by atoms with Crippen LogP contribution in [0.2, 0.25) is 0 Å². The van der Waals surface area contributed by atoms with Crippen molar-refractivity contribution in [3.8, 4) is 5.69 Å². The number of nitrogens with zero attached hydrogens (tertiary/aromatic N) is 3. The summed E-state index contributed by atoms with van der Waals surface area (Å²) in [5.74, 6) is 0. The van der Waals surface area contributed by atoms with E-state index in [-0.39, 0.29) is 11.1 Å². The van der Waals surface area contributed by atoms with Gasteiger partial charge in [-0.3, -0.25) is 4.79 Å². The number of benzene rings is 2. The van der Waals surface area contributed by atoms with Gasteiger partial charge >= 0.3 is 0 Å². The number of para-hydroxylation sites is 1. The van der Waals surface area contributed by atoms with Crippen molar-refractivity contribution < 1.29 is 4.74 Å². The van der Waals surface area contributed by atoms with Crippen molar-refractivity contribution in [3.05, 3.63) is 106 Å². The van der Waals surface area contributed by atoms with Gasteiger partial charge in [-0.05, 0) is 66.6 Å². The Balaban J connectivity index is 1.74. The van der Waals surface area contributed by atoms with Crippen LogP contribution in [0.3, 0.4) is 0 Å². The summed E-state index contributed by atoms with van der Waals surface area (Å²) in [5.41, 5.74) is 11.2. The Labute approximate surface area is 181 Å². The van der Waals surface area contributed by atoms with E-state index in [0.717, 1.165) is 30.0 Å². The van der Waals surface area contributed by atoms with Gasteiger partial charge in [-0.15, -0.1) is 0 Å². The normalized spacial score (nSPS) is 14.6. The first-order valence-corrected chi connectivity index (χ1v) is 10.2. The first kappa shape index (κ1) is 20.5. The third-order valence-corrected chi connectivity index (χ3v) is 5.09. The molecule has 0 saturated heterocycles. The van der Waals surface area contributed by atoms with Gasteiger partial charge in [0.2, 0.25) is 5.43 Å². The minimum Gasteiger partial charge on any atom is -0.405 e. The quantitative estimate of drug-likeness (QED) is 0.644. The fraction of sp³-hybridized carbons (Fsp3) is 0.160. The molecule has 0 aliphatic carbocycles. The average molecular weight is 412 g/mol. The SMILES string of the molecule is Cc1cc(C2=CCOCC2)ccc1-n1ccc(=O)c(C(C=CN)=Nc2ccccc2)n1.